The third kappa shape index (κ3) is 3.50. The zero-order valence-electron chi connectivity index (χ0n) is 8.90. The minimum Gasteiger partial charge on any atom is -0.465 e. The van der Waals surface area contributed by atoms with Crippen LogP contribution >= 0.6 is 11.8 Å². The Labute approximate surface area is 93.9 Å². The highest BCUT2D eigenvalue weighted by Gasteiger charge is 2.35. The second-order valence-corrected chi connectivity index (χ2v) is 4.90. The van der Waals surface area contributed by atoms with Crippen molar-refractivity contribution >= 4 is 23.5 Å². The van der Waals surface area contributed by atoms with Crippen LogP contribution in [0.3, 0.4) is 0 Å². The molecule has 0 aromatic carbocycles. The molecule has 5 heteroatoms. The molecule has 1 saturated heterocycles. The standard InChI is InChI=1S/C10H17NO3S/c1-2-15-6-4-8(11)9(12)7-3-5-14-10(7)13/h7-8H,2-6,11H2,1H3/t7?,8-/m0/s1. The van der Waals surface area contributed by atoms with Gasteiger partial charge in [-0.05, 0) is 17.9 Å². The molecule has 4 nitrogen and oxygen atoms in total. The highest BCUT2D eigenvalue weighted by Crippen LogP contribution is 2.18. The van der Waals surface area contributed by atoms with Crippen molar-refractivity contribution in [3.63, 3.8) is 0 Å². The van der Waals surface area contributed by atoms with Gasteiger partial charge in [0.15, 0.2) is 5.78 Å². The number of hydrogen-bond acceptors (Lipinski definition) is 5. The molecule has 0 aromatic rings. The van der Waals surface area contributed by atoms with Gasteiger partial charge in [-0.2, -0.15) is 11.8 Å². The van der Waals surface area contributed by atoms with Gasteiger partial charge < -0.3 is 10.5 Å². The molecule has 1 rings (SSSR count). The van der Waals surface area contributed by atoms with E-state index in [9.17, 15) is 9.59 Å². The van der Waals surface area contributed by atoms with Gasteiger partial charge in [0.05, 0.1) is 12.6 Å². The van der Waals surface area contributed by atoms with Gasteiger partial charge in [-0.3, -0.25) is 9.59 Å². The second kappa shape index (κ2) is 6.12. The Balaban J connectivity index is 2.35. The molecule has 0 radical (unpaired) electrons. The molecule has 1 fully saturated rings. The van der Waals surface area contributed by atoms with Gasteiger partial charge in [-0.15, -0.1) is 0 Å². The minimum atomic E-state index is -0.605. The van der Waals surface area contributed by atoms with Crippen LogP contribution in [-0.2, 0) is 14.3 Å². The molecule has 0 spiro atoms. The monoisotopic (exact) mass is 231 g/mol. The third-order valence-corrected chi connectivity index (χ3v) is 3.35. The van der Waals surface area contributed by atoms with E-state index >= 15 is 0 Å². The molecule has 1 aliphatic rings. The molecule has 0 bridgehead atoms. The zero-order chi connectivity index (χ0) is 11.3. The lowest BCUT2D eigenvalue weighted by Crippen LogP contribution is -2.37. The highest BCUT2D eigenvalue weighted by molar-refractivity contribution is 7.99. The van der Waals surface area contributed by atoms with Crippen molar-refractivity contribution in [1.82, 2.24) is 0 Å². The fourth-order valence-corrected chi connectivity index (χ4v) is 2.22. The van der Waals surface area contributed by atoms with E-state index in [4.69, 9.17) is 10.5 Å². The Morgan fingerprint density at radius 2 is 2.47 bits per heavy atom. The molecule has 2 atom stereocenters. The molecule has 15 heavy (non-hydrogen) atoms. The van der Waals surface area contributed by atoms with Gasteiger partial charge in [-0.1, -0.05) is 6.92 Å². The van der Waals surface area contributed by atoms with Crippen LogP contribution in [0.25, 0.3) is 0 Å². The number of carbonyl (C=O) groups excluding carboxylic acids is 2. The molecule has 86 valence electrons. The summed E-state index contributed by atoms with van der Waals surface area (Å²) in [4.78, 5) is 22.9. The zero-order valence-corrected chi connectivity index (χ0v) is 9.72. The predicted molar refractivity (Wildman–Crippen MR) is 59.7 cm³/mol. The number of esters is 1. The van der Waals surface area contributed by atoms with Crippen molar-refractivity contribution in [3.05, 3.63) is 0 Å². The molecule has 0 aromatic heterocycles. The van der Waals surface area contributed by atoms with Crippen LogP contribution in [0.2, 0.25) is 0 Å². The lowest BCUT2D eigenvalue weighted by atomic mass is 9.96. The van der Waals surface area contributed by atoms with E-state index in [1.165, 1.54) is 0 Å². The van der Waals surface area contributed by atoms with Crippen LogP contribution in [0.4, 0.5) is 0 Å². The van der Waals surface area contributed by atoms with Crippen molar-refractivity contribution < 1.29 is 14.3 Å². The predicted octanol–water partition coefficient (Wildman–Crippen LogP) is 0.589. The number of cyclic esters (lactones) is 1. The van der Waals surface area contributed by atoms with Crippen LogP contribution in [0.15, 0.2) is 0 Å². The number of carbonyl (C=O) groups is 2. The normalized spacial score (nSPS) is 22.5. The lowest BCUT2D eigenvalue weighted by Gasteiger charge is -2.12. The Hall–Kier alpha value is -0.550. The van der Waals surface area contributed by atoms with E-state index in [-0.39, 0.29) is 5.78 Å². The quantitative estimate of drug-likeness (QED) is 0.411. The summed E-state index contributed by atoms with van der Waals surface area (Å²) >= 11 is 1.75. The molecule has 0 amide bonds. The Bertz CT molecular complexity index is 245. The van der Waals surface area contributed by atoms with Crippen molar-refractivity contribution in [2.75, 3.05) is 18.1 Å². The van der Waals surface area contributed by atoms with E-state index in [0.29, 0.717) is 19.4 Å². The number of Topliss-reactive ketones (excluding diaryl/α,β-unsaturated/α-hetero) is 1. The fraction of sp³-hybridized carbons (Fsp3) is 0.800. The molecular formula is C10H17NO3S. The first kappa shape index (κ1) is 12.5. The van der Waals surface area contributed by atoms with Gasteiger partial charge in [-0.25, -0.2) is 0 Å². The number of nitrogens with two attached hydrogens (primary N) is 1. The first-order valence-corrected chi connectivity index (χ1v) is 6.36. The second-order valence-electron chi connectivity index (χ2n) is 3.50. The van der Waals surface area contributed by atoms with Gasteiger partial charge in [0.1, 0.15) is 5.92 Å². The summed E-state index contributed by atoms with van der Waals surface area (Å²) in [5.74, 6) is 0.719. The molecule has 0 saturated carbocycles. The molecule has 0 aliphatic carbocycles. The molecule has 1 aliphatic heterocycles. The van der Waals surface area contributed by atoms with Crippen molar-refractivity contribution in [2.45, 2.75) is 25.8 Å². The number of rotatable bonds is 6. The topological polar surface area (TPSA) is 69.4 Å². The maximum atomic E-state index is 11.7. The van der Waals surface area contributed by atoms with Crippen molar-refractivity contribution in [1.29, 1.82) is 0 Å². The van der Waals surface area contributed by atoms with Gasteiger partial charge in [0, 0.05) is 6.42 Å². The molecule has 2 N–H and O–H groups in total. The van der Waals surface area contributed by atoms with E-state index in [0.717, 1.165) is 11.5 Å². The van der Waals surface area contributed by atoms with Gasteiger partial charge in [0.25, 0.3) is 0 Å². The van der Waals surface area contributed by atoms with Gasteiger partial charge in [0.2, 0.25) is 0 Å². The lowest BCUT2D eigenvalue weighted by molar-refractivity contribution is -0.144. The maximum absolute atomic E-state index is 11.7. The minimum absolute atomic E-state index is 0.158. The molecular weight excluding hydrogens is 214 g/mol. The van der Waals surface area contributed by atoms with Crippen LogP contribution < -0.4 is 5.73 Å². The maximum Gasteiger partial charge on any atom is 0.316 e. The van der Waals surface area contributed by atoms with Crippen LogP contribution in [-0.4, -0.2) is 35.9 Å². The Morgan fingerprint density at radius 3 is 3.00 bits per heavy atom. The number of ether oxygens (including phenoxy) is 1. The summed E-state index contributed by atoms with van der Waals surface area (Å²) in [6, 6.07) is -0.514. The van der Waals surface area contributed by atoms with E-state index in [1.54, 1.807) is 11.8 Å². The SMILES string of the molecule is CCSCC[C@H](N)C(=O)C1CCOC1=O. The number of ketones is 1. The summed E-state index contributed by atoms with van der Waals surface area (Å²) in [6.07, 6.45) is 1.13. The van der Waals surface area contributed by atoms with Crippen LogP contribution in [0.1, 0.15) is 19.8 Å². The van der Waals surface area contributed by atoms with E-state index in [1.807, 2.05) is 0 Å². The van der Waals surface area contributed by atoms with Crippen molar-refractivity contribution in [2.24, 2.45) is 11.7 Å². The van der Waals surface area contributed by atoms with Crippen LogP contribution in [0, 0.1) is 5.92 Å². The van der Waals surface area contributed by atoms with Crippen LogP contribution in [0.5, 0.6) is 0 Å². The first-order valence-electron chi connectivity index (χ1n) is 5.20. The first-order chi connectivity index (χ1) is 7.16. The summed E-state index contributed by atoms with van der Waals surface area (Å²) in [7, 11) is 0. The fourth-order valence-electron chi connectivity index (χ4n) is 1.51. The van der Waals surface area contributed by atoms with E-state index in [2.05, 4.69) is 6.92 Å². The highest BCUT2D eigenvalue weighted by atomic mass is 32.2. The Morgan fingerprint density at radius 1 is 1.73 bits per heavy atom. The van der Waals surface area contributed by atoms with E-state index < -0.39 is 17.9 Å². The average Bonchev–Trinajstić information content (AvgIpc) is 2.63. The molecule has 1 unspecified atom stereocenters. The van der Waals surface area contributed by atoms with Gasteiger partial charge >= 0.3 is 5.97 Å². The Kier molecular flexibility index (Phi) is 5.11. The number of hydrogen-bond donors (Lipinski definition) is 1. The average molecular weight is 231 g/mol. The molecule has 1 heterocycles. The summed E-state index contributed by atoms with van der Waals surface area (Å²) < 4.78 is 4.74. The van der Waals surface area contributed by atoms with Crippen molar-refractivity contribution in [3.8, 4) is 0 Å². The number of thioether (sulfide) groups is 1. The summed E-state index contributed by atoms with van der Waals surface area (Å²) in [6.45, 7) is 2.41. The third-order valence-electron chi connectivity index (χ3n) is 2.42. The smallest absolute Gasteiger partial charge is 0.316 e. The largest absolute Gasteiger partial charge is 0.465 e. The summed E-state index contributed by atoms with van der Waals surface area (Å²) in [5, 5.41) is 0. The summed E-state index contributed by atoms with van der Waals surface area (Å²) in [5.41, 5.74) is 5.73.